The lowest BCUT2D eigenvalue weighted by molar-refractivity contribution is -0.199. The molecule has 1 amide bonds. The monoisotopic (exact) mass is 287 g/mol. The zero-order valence-corrected chi connectivity index (χ0v) is 11.6. The summed E-state index contributed by atoms with van der Waals surface area (Å²) in [6.45, 7) is 6.96. The van der Waals surface area contributed by atoms with Crippen molar-refractivity contribution in [3.63, 3.8) is 0 Å². The van der Waals surface area contributed by atoms with Crippen molar-refractivity contribution < 1.29 is 33.4 Å². The Morgan fingerprint density at radius 1 is 1.10 bits per heavy atom. The predicted molar refractivity (Wildman–Crippen MR) is 66.1 cm³/mol. The third-order valence-electron chi connectivity index (χ3n) is 1.90. The molecule has 0 aromatic heterocycles. The number of hydrogen-bond acceptors (Lipinski definition) is 7. The first-order chi connectivity index (χ1) is 9.33. The van der Waals surface area contributed by atoms with Crippen LogP contribution < -0.4 is 5.32 Å². The van der Waals surface area contributed by atoms with Crippen LogP contribution >= 0.6 is 0 Å². The molecule has 112 valence electrons. The first kappa shape index (κ1) is 17.6. The van der Waals surface area contributed by atoms with E-state index in [0.717, 1.165) is 13.0 Å². The molecule has 0 rings (SSSR count). The van der Waals surface area contributed by atoms with Gasteiger partial charge in [0.2, 0.25) is 5.91 Å². The standard InChI is InChI=1S/C12H17NO7/c1-5-9(15)20-12(13-8(4)14,10(16)18-6-2)11(17)19-7-3/h5H,1,6-7H2,2-4H3,(H,13,14). The second-order valence-electron chi connectivity index (χ2n) is 3.43. The van der Waals surface area contributed by atoms with E-state index in [1.807, 2.05) is 5.32 Å². The molecule has 0 bridgehead atoms. The Morgan fingerprint density at radius 2 is 1.55 bits per heavy atom. The number of nitrogens with one attached hydrogen (secondary N) is 1. The molecule has 20 heavy (non-hydrogen) atoms. The molecule has 8 heteroatoms. The number of esters is 3. The van der Waals surface area contributed by atoms with Crippen molar-refractivity contribution in [1.29, 1.82) is 0 Å². The molecule has 0 fully saturated rings. The van der Waals surface area contributed by atoms with E-state index in [1.54, 1.807) is 0 Å². The molecule has 0 aliphatic carbocycles. The van der Waals surface area contributed by atoms with Gasteiger partial charge in [0.15, 0.2) is 0 Å². The smallest absolute Gasteiger partial charge is 0.385 e. The molecule has 0 radical (unpaired) electrons. The highest BCUT2D eigenvalue weighted by Crippen LogP contribution is 2.14. The predicted octanol–water partition coefficient (Wildman–Crippen LogP) is -0.326. The Hall–Kier alpha value is -2.38. The van der Waals surface area contributed by atoms with Crippen molar-refractivity contribution in [1.82, 2.24) is 5.32 Å². The van der Waals surface area contributed by atoms with E-state index in [2.05, 4.69) is 20.8 Å². The average Bonchev–Trinajstić information content (AvgIpc) is 2.37. The van der Waals surface area contributed by atoms with Gasteiger partial charge >= 0.3 is 23.6 Å². The van der Waals surface area contributed by atoms with Crippen LogP contribution in [0.3, 0.4) is 0 Å². The third kappa shape index (κ3) is 4.38. The summed E-state index contributed by atoms with van der Waals surface area (Å²) in [6.07, 6.45) is 0.731. The lowest BCUT2D eigenvalue weighted by atomic mass is 10.2. The van der Waals surface area contributed by atoms with E-state index in [0.29, 0.717) is 0 Å². The summed E-state index contributed by atoms with van der Waals surface area (Å²) in [5.41, 5.74) is -2.68. The Balaban J connectivity index is 5.66. The average molecular weight is 287 g/mol. The summed E-state index contributed by atoms with van der Waals surface area (Å²) in [7, 11) is 0. The maximum Gasteiger partial charge on any atom is 0.385 e. The third-order valence-corrected chi connectivity index (χ3v) is 1.90. The number of carbonyl (C=O) groups excluding carboxylic acids is 4. The molecule has 8 nitrogen and oxygen atoms in total. The molecule has 0 saturated carbocycles. The Bertz CT molecular complexity index is 398. The number of rotatable bonds is 7. The van der Waals surface area contributed by atoms with E-state index >= 15 is 0 Å². The van der Waals surface area contributed by atoms with Crippen molar-refractivity contribution in [3.8, 4) is 0 Å². The molecule has 0 aliphatic heterocycles. The van der Waals surface area contributed by atoms with Gasteiger partial charge in [-0.3, -0.25) is 10.1 Å². The largest absolute Gasteiger partial charge is 0.461 e. The van der Waals surface area contributed by atoms with Crippen molar-refractivity contribution in [2.75, 3.05) is 13.2 Å². The number of hydrogen-bond donors (Lipinski definition) is 1. The van der Waals surface area contributed by atoms with Gasteiger partial charge in [0.05, 0.1) is 13.2 Å². The molecule has 0 atom stereocenters. The highest BCUT2D eigenvalue weighted by atomic mass is 16.6. The lowest BCUT2D eigenvalue weighted by Crippen LogP contribution is -2.63. The first-order valence-corrected chi connectivity index (χ1v) is 5.82. The zero-order chi connectivity index (χ0) is 15.8. The molecule has 0 aromatic rings. The highest BCUT2D eigenvalue weighted by Gasteiger charge is 2.54. The minimum absolute atomic E-state index is 0.0921. The number of amides is 1. The molecule has 0 spiro atoms. The van der Waals surface area contributed by atoms with E-state index in [4.69, 9.17) is 0 Å². The quantitative estimate of drug-likeness (QED) is 0.224. The summed E-state index contributed by atoms with van der Waals surface area (Å²) < 4.78 is 14.0. The van der Waals surface area contributed by atoms with Crippen LogP contribution in [0.2, 0.25) is 0 Å². The molecule has 1 N–H and O–H groups in total. The number of ether oxygens (including phenoxy) is 3. The fraction of sp³-hybridized carbons (Fsp3) is 0.500. The fourth-order valence-electron chi connectivity index (χ4n) is 1.20. The molecule has 0 aliphatic rings. The van der Waals surface area contributed by atoms with Crippen molar-refractivity contribution in [2.24, 2.45) is 0 Å². The van der Waals surface area contributed by atoms with Gasteiger partial charge in [0.1, 0.15) is 0 Å². The van der Waals surface area contributed by atoms with Gasteiger partial charge in [0.25, 0.3) is 0 Å². The van der Waals surface area contributed by atoms with Gasteiger partial charge in [-0.2, -0.15) is 0 Å². The molecular weight excluding hydrogens is 270 g/mol. The zero-order valence-electron chi connectivity index (χ0n) is 11.6. The second-order valence-corrected chi connectivity index (χ2v) is 3.43. The van der Waals surface area contributed by atoms with E-state index in [9.17, 15) is 19.2 Å². The Morgan fingerprint density at radius 3 is 1.85 bits per heavy atom. The van der Waals surface area contributed by atoms with Crippen molar-refractivity contribution in [3.05, 3.63) is 12.7 Å². The van der Waals surface area contributed by atoms with Gasteiger partial charge < -0.3 is 14.2 Å². The van der Waals surface area contributed by atoms with Crippen LogP contribution in [0.4, 0.5) is 0 Å². The Kier molecular flexibility index (Phi) is 6.98. The van der Waals surface area contributed by atoms with Crippen LogP contribution in [0.1, 0.15) is 20.8 Å². The molecular formula is C12H17NO7. The van der Waals surface area contributed by atoms with Crippen LogP contribution in [-0.2, 0) is 33.4 Å². The van der Waals surface area contributed by atoms with Crippen LogP contribution in [0.5, 0.6) is 0 Å². The van der Waals surface area contributed by atoms with Gasteiger partial charge in [0, 0.05) is 13.0 Å². The maximum absolute atomic E-state index is 11.9. The van der Waals surface area contributed by atoms with Crippen molar-refractivity contribution >= 4 is 23.8 Å². The van der Waals surface area contributed by atoms with Crippen LogP contribution in [0, 0.1) is 0 Å². The van der Waals surface area contributed by atoms with Crippen LogP contribution in [0.15, 0.2) is 12.7 Å². The summed E-state index contributed by atoms with van der Waals surface area (Å²) >= 11 is 0. The molecule has 0 saturated heterocycles. The summed E-state index contributed by atoms with van der Waals surface area (Å²) in [5, 5.41) is 1.95. The molecule has 0 aromatic carbocycles. The van der Waals surface area contributed by atoms with Gasteiger partial charge in [-0.1, -0.05) is 6.58 Å². The fourth-order valence-corrected chi connectivity index (χ4v) is 1.20. The van der Waals surface area contributed by atoms with E-state index < -0.39 is 29.5 Å². The van der Waals surface area contributed by atoms with Gasteiger partial charge in [-0.25, -0.2) is 14.4 Å². The van der Waals surface area contributed by atoms with Gasteiger partial charge in [-0.15, -0.1) is 0 Å². The van der Waals surface area contributed by atoms with Crippen molar-refractivity contribution in [2.45, 2.75) is 26.5 Å². The minimum Gasteiger partial charge on any atom is -0.461 e. The normalized spacial score (nSPS) is 10.2. The van der Waals surface area contributed by atoms with E-state index in [-0.39, 0.29) is 13.2 Å². The highest BCUT2D eigenvalue weighted by molar-refractivity contribution is 6.07. The summed E-state index contributed by atoms with van der Waals surface area (Å²) in [5.74, 6) is -4.41. The lowest BCUT2D eigenvalue weighted by Gasteiger charge is -2.28. The summed E-state index contributed by atoms with van der Waals surface area (Å²) in [4.78, 5) is 46.4. The topological polar surface area (TPSA) is 108 Å². The SMILES string of the molecule is C=CC(=O)OC(NC(C)=O)(C(=O)OCC)C(=O)OCC. The van der Waals surface area contributed by atoms with Crippen LogP contribution in [0.25, 0.3) is 0 Å². The van der Waals surface area contributed by atoms with E-state index in [1.165, 1.54) is 13.8 Å². The first-order valence-electron chi connectivity index (χ1n) is 5.82. The minimum atomic E-state index is -2.68. The molecule has 0 heterocycles. The summed E-state index contributed by atoms with van der Waals surface area (Å²) in [6, 6.07) is 0. The Labute approximate surface area is 116 Å². The maximum atomic E-state index is 11.9. The molecule has 0 unspecified atom stereocenters. The van der Waals surface area contributed by atoms with Crippen LogP contribution in [-0.4, -0.2) is 42.8 Å². The number of carbonyl (C=O) groups is 4. The van der Waals surface area contributed by atoms with Gasteiger partial charge in [-0.05, 0) is 13.8 Å². The second kappa shape index (κ2) is 7.93.